The second kappa shape index (κ2) is 7.00. The number of hydrogen-bond donors (Lipinski definition) is 5. The molecule has 5 N–H and O–H groups in total. The molecule has 1 aliphatic carbocycles. The molecule has 8 nitrogen and oxygen atoms in total. The molecule has 1 aliphatic rings. The highest BCUT2D eigenvalue weighted by molar-refractivity contribution is 5.87. The zero-order valence-electron chi connectivity index (χ0n) is 12.6. The van der Waals surface area contributed by atoms with Gasteiger partial charge >= 0.3 is 11.9 Å². The first-order valence-corrected chi connectivity index (χ1v) is 7.21. The van der Waals surface area contributed by atoms with Gasteiger partial charge in [0.1, 0.15) is 18.0 Å². The van der Waals surface area contributed by atoms with E-state index in [9.17, 15) is 24.9 Å². The average molecular weight is 338 g/mol. The number of phenols is 1. The van der Waals surface area contributed by atoms with Crippen LogP contribution in [0.25, 0.3) is 6.08 Å². The van der Waals surface area contributed by atoms with Crippen molar-refractivity contribution >= 4 is 18.0 Å². The molecule has 0 bridgehead atoms. The van der Waals surface area contributed by atoms with E-state index in [4.69, 9.17) is 14.9 Å². The number of hydrogen-bond acceptors (Lipinski definition) is 7. The standard InChI is InChI=1S/C16H18O8/c17-10-4-1-9(2-5-10)3-6-13(19)24-12-8-16(23,15(21)22)7-11(18)14(12)20/h1-6,11-12,14,17-18,20,23H,7-8H2,(H,21,22)/b6-3+/t11-,12-,14-,16-/m0/s1. The molecule has 24 heavy (non-hydrogen) atoms. The van der Waals surface area contributed by atoms with Crippen molar-refractivity contribution in [2.24, 2.45) is 0 Å². The molecule has 4 atom stereocenters. The zero-order chi connectivity index (χ0) is 17.9. The SMILES string of the molecule is O=C(/C=C/c1ccc(O)cc1)O[C@H]1C[C@](O)(C(=O)O)C[C@H](O)[C@@H]1O. The number of aliphatic hydroxyl groups excluding tert-OH is 2. The van der Waals surface area contributed by atoms with Gasteiger partial charge in [-0.2, -0.15) is 0 Å². The number of esters is 1. The highest BCUT2D eigenvalue weighted by Gasteiger charge is 2.50. The molecular weight excluding hydrogens is 320 g/mol. The molecule has 2 rings (SSSR count). The van der Waals surface area contributed by atoms with Crippen molar-refractivity contribution < 1.29 is 39.9 Å². The van der Waals surface area contributed by atoms with Gasteiger partial charge < -0.3 is 30.3 Å². The Hall–Kier alpha value is -2.42. The third-order valence-electron chi connectivity index (χ3n) is 3.83. The summed E-state index contributed by atoms with van der Waals surface area (Å²) < 4.78 is 4.96. The van der Waals surface area contributed by atoms with Crippen molar-refractivity contribution in [3.8, 4) is 5.75 Å². The molecule has 1 saturated carbocycles. The maximum absolute atomic E-state index is 11.8. The van der Waals surface area contributed by atoms with Crippen molar-refractivity contribution in [1.82, 2.24) is 0 Å². The highest BCUT2D eigenvalue weighted by atomic mass is 16.6. The van der Waals surface area contributed by atoms with E-state index in [-0.39, 0.29) is 5.75 Å². The number of phenolic OH excluding ortho intramolecular Hbond substituents is 1. The number of aromatic hydroxyl groups is 1. The molecule has 0 unspecified atom stereocenters. The van der Waals surface area contributed by atoms with E-state index in [0.717, 1.165) is 6.08 Å². The Morgan fingerprint density at radius 3 is 2.38 bits per heavy atom. The van der Waals surface area contributed by atoms with E-state index >= 15 is 0 Å². The molecule has 0 aliphatic heterocycles. The molecule has 0 amide bonds. The minimum Gasteiger partial charge on any atom is -0.508 e. The van der Waals surface area contributed by atoms with E-state index in [2.05, 4.69) is 0 Å². The predicted octanol–water partition coefficient (Wildman–Crippen LogP) is -0.352. The van der Waals surface area contributed by atoms with Crippen molar-refractivity contribution in [2.75, 3.05) is 0 Å². The van der Waals surface area contributed by atoms with Crippen molar-refractivity contribution in [1.29, 1.82) is 0 Å². The van der Waals surface area contributed by atoms with Gasteiger partial charge in [-0.25, -0.2) is 9.59 Å². The summed E-state index contributed by atoms with van der Waals surface area (Å²) in [5, 5.41) is 47.6. The van der Waals surface area contributed by atoms with Gasteiger partial charge in [-0.3, -0.25) is 0 Å². The fourth-order valence-electron chi connectivity index (χ4n) is 2.48. The summed E-state index contributed by atoms with van der Waals surface area (Å²) in [5.41, 5.74) is -1.67. The maximum atomic E-state index is 11.8. The Morgan fingerprint density at radius 1 is 1.17 bits per heavy atom. The van der Waals surface area contributed by atoms with E-state index in [1.54, 1.807) is 12.1 Å². The van der Waals surface area contributed by atoms with E-state index in [0.29, 0.717) is 5.56 Å². The van der Waals surface area contributed by atoms with Crippen LogP contribution in [0.1, 0.15) is 18.4 Å². The van der Waals surface area contributed by atoms with Gasteiger partial charge in [0, 0.05) is 18.9 Å². The lowest BCUT2D eigenvalue weighted by atomic mass is 9.79. The van der Waals surface area contributed by atoms with Crippen LogP contribution >= 0.6 is 0 Å². The summed E-state index contributed by atoms with van der Waals surface area (Å²) >= 11 is 0. The van der Waals surface area contributed by atoms with Crippen LogP contribution in [0.3, 0.4) is 0 Å². The Bertz CT molecular complexity index is 638. The van der Waals surface area contributed by atoms with Crippen LogP contribution < -0.4 is 0 Å². The van der Waals surface area contributed by atoms with Gasteiger partial charge in [-0.1, -0.05) is 12.1 Å². The Balaban J connectivity index is 2.03. The van der Waals surface area contributed by atoms with Crippen molar-refractivity contribution in [2.45, 2.75) is 36.8 Å². The summed E-state index contributed by atoms with van der Waals surface area (Å²) in [7, 11) is 0. The topological polar surface area (TPSA) is 145 Å². The second-order valence-corrected chi connectivity index (χ2v) is 5.70. The lowest BCUT2D eigenvalue weighted by Gasteiger charge is -2.39. The molecule has 1 fully saturated rings. The van der Waals surface area contributed by atoms with Gasteiger partial charge in [0.2, 0.25) is 0 Å². The Kier molecular flexibility index (Phi) is 5.23. The first kappa shape index (κ1) is 17.9. The summed E-state index contributed by atoms with van der Waals surface area (Å²) in [6, 6.07) is 5.97. The lowest BCUT2D eigenvalue weighted by Crippen LogP contribution is -2.57. The van der Waals surface area contributed by atoms with Gasteiger partial charge in [-0.15, -0.1) is 0 Å². The summed E-state index contributed by atoms with van der Waals surface area (Å²) in [4.78, 5) is 22.9. The molecule has 1 aromatic carbocycles. The summed E-state index contributed by atoms with van der Waals surface area (Å²) in [6.07, 6.45) is -3.00. The largest absolute Gasteiger partial charge is 0.508 e. The molecule has 0 heterocycles. The first-order chi connectivity index (χ1) is 11.2. The highest BCUT2D eigenvalue weighted by Crippen LogP contribution is 2.31. The normalized spacial score (nSPS) is 30.2. The number of aliphatic carboxylic acids is 1. The van der Waals surface area contributed by atoms with Crippen LogP contribution in [0.4, 0.5) is 0 Å². The number of aliphatic hydroxyl groups is 3. The van der Waals surface area contributed by atoms with Gasteiger partial charge in [0.25, 0.3) is 0 Å². The van der Waals surface area contributed by atoms with Crippen LogP contribution in [0.15, 0.2) is 30.3 Å². The molecule has 0 saturated heterocycles. The third kappa shape index (κ3) is 4.10. The zero-order valence-corrected chi connectivity index (χ0v) is 12.6. The van der Waals surface area contributed by atoms with Gasteiger partial charge in [-0.05, 0) is 23.8 Å². The Morgan fingerprint density at radius 2 is 1.79 bits per heavy atom. The second-order valence-electron chi connectivity index (χ2n) is 5.70. The number of ether oxygens (including phenoxy) is 1. The molecular formula is C16H18O8. The predicted molar refractivity (Wildman–Crippen MR) is 80.9 cm³/mol. The van der Waals surface area contributed by atoms with Crippen molar-refractivity contribution in [3.63, 3.8) is 0 Å². The fourth-order valence-corrected chi connectivity index (χ4v) is 2.48. The summed E-state index contributed by atoms with van der Waals surface area (Å²) in [5.74, 6) is -2.36. The van der Waals surface area contributed by atoms with Crippen LogP contribution in [0, 0.1) is 0 Å². The lowest BCUT2D eigenvalue weighted by molar-refractivity contribution is -0.196. The van der Waals surface area contributed by atoms with Gasteiger partial charge in [0.15, 0.2) is 5.60 Å². The minimum atomic E-state index is -2.27. The number of carboxylic acid groups (broad SMARTS) is 1. The molecule has 0 aromatic heterocycles. The van der Waals surface area contributed by atoms with E-state index in [1.165, 1.54) is 18.2 Å². The molecule has 1 aromatic rings. The number of rotatable bonds is 4. The van der Waals surface area contributed by atoms with Crippen LogP contribution in [-0.4, -0.2) is 61.4 Å². The van der Waals surface area contributed by atoms with E-state index < -0.39 is 48.7 Å². The van der Waals surface area contributed by atoms with Crippen molar-refractivity contribution in [3.05, 3.63) is 35.9 Å². The Labute approximate surface area is 137 Å². The first-order valence-electron chi connectivity index (χ1n) is 7.21. The van der Waals surface area contributed by atoms with Gasteiger partial charge in [0.05, 0.1) is 6.10 Å². The fraction of sp³-hybridized carbons (Fsp3) is 0.375. The quantitative estimate of drug-likeness (QED) is 0.370. The minimum absolute atomic E-state index is 0.0713. The third-order valence-corrected chi connectivity index (χ3v) is 3.83. The van der Waals surface area contributed by atoms with Crippen LogP contribution in [-0.2, 0) is 14.3 Å². The molecule has 0 spiro atoms. The molecule has 0 radical (unpaired) electrons. The van der Waals surface area contributed by atoms with Crippen LogP contribution in [0.5, 0.6) is 5.75 Å². The maximum Gasteiger partial charge on any atom is 0.335 e. The average Bonchev–Trinajstić information content (AvgIpc) is 2.51. The van der Waals surface area contributed by atoms with Crippen LogP contribution in [0.2, 0.25) is 0 Å². The van der Waals surface area contributed by atoms with E-state index in [1.807, 2.05) is 0 Å². The molecule has 130 valence electrons. The summed E-state index contributed by atoms with van der Waals surface area (Å²) in [6.45, 7) is 0. The number of carboxylic acids is 1. The molecule has 8 heteroatoms. The monoisotopic (exact) mass is 338 g/mol. The number of carbonyl (C=O) groups is 2. The number of benzene rings is 1. The smallest absolute Gasteiger partial charge is 0.335 e. The number of carbonyl (C=O) groups excluding carboxylic acids is 1.